The maximum Gasteiger partial charge on any atom is 0.331 e. The van der Waals surface area contributed by atoms with Gasteiger partial charge in [0.25, 0.3) is 5.56 Å². The zero-order chi connectivity index (χ0) is 19.4. The van der Waals surface area contributed by atoms with E-state index in [4.69, 9.17) is 0 Å². The van der Waals surface area contributed by atoms with Crippen molar-refractivity contribution in [2.75, 3.05) is 6.54 Å². The van der Waals surface area contributed by atoms with E-state index < -0.39 is 0 Å². The predicted octanol–water partition coefficient (Wildman–Crippen LogP) is 2.97. The molecule has 7 heteroatoms. The van der Waals surface area contributed by atoms with Crippen LogP contribution >= 0.6 is 11.3 Å². The van der Waals surface area contributed by atoms with Crippen LogP contribution in [0.25, 0.3) is 10.2 Å². The predicted molar refractivity (Wildman–Crippen MR) is 109 cm³/mol. The Kier molecular flexibility index (Phi) is 6.52. The van der Waals surface area contributed by atoms with Crippen molar-refractivity contribution in [3.8, 4) is 0 Å². The third-order valence-corrected chi connectivity index (χ3v) is 6.38. The van der Waals surface area contributed by atoms with Crippen LogP contribution in [0.1, 0.15) is 52.4 Å². The Balaban J connectivity index is 1.75. The summed E-state index contributed by atoms with van der Waals surface area (Å²) in [6, 6.07) is 1.86. The van der Waals surface area contributed by atoms with E-state index >= 15 is 0 Å². The van der Waals surface area contributed by atoms with Crippen molar-refractivity contribution in [2.45, 2.75) is 65.5 Å². The molecule has 0 bridgehead atoms. The molecule has 1 amide bonds. The number of aromatic nitrogens is 2. The molecule has 1 aliphatic rings. The highest BCUT2D eigenvalue weighted by Crippen LogP contribution is 2.29. The molecule has 0 atom stereocenters. The quantitative estimate of drug-likeness (QED) is 0.789. The van der Waals surface area contributed by atoms with E-state index in [9.17, 15) is 14.4 Å². The highest BCUT2D eigenvalue weighted by atomic mass is 32.1. The summed E-state index contributed by atoms with van der Waals surface area (Å²) >= 11 is 1.40. The van der Waals surface area contributed by atoms with Gasteiger partial charge in [0.1, 0.15) is 4.70 Å². The first kappa shape index (κ1) is 19.9. The van der Waals surface area contributed by atoms with Gasteiger partial charge in [0, 0.05) is 25.6 Å². The van der Waals surface area contributed by atoms with Gasteiger partial charge in [0.15, 0.2) is 0 Å². The van der Waals surface area contributed by atoms with Crippen LogP contribution in [-0.2, 0) is 17.9 Å². The number of aryl methyl sites for hydroxylation is 1. The molecule has 6 nitrogen and oxygen atoms in total. The van der Waals surface area contributed by atoms with Crippen molar-refractivity contribution >= 4 is 27.5 Å². The third-order valence-electron chi connectivity index (χ3n) is 5.49. The van der Waals surface area contributed by atoms with E-state index in [1.807, 2.05) is 25.3 Å². The average Bonchev–Trinajstić information content (AvgIpc) is 3.17. The molecule has 0 saturated heterocycles. The number of thiophene rings is 1. The summed E-state index contributed by atoms with van der Waals surface area (Å²) in [6.07, 6.45) is 5.22. The SMILES string of the molecule is CCCNC(=O)C1CCC(Cn2c(=O)c3sccc3n(CCC)c2=O)CC1. The van der Waals surface area contributed by atoms with Gasteiger partial charge in [-0.2, -0.15) is 0 Å². The molecule has 0 radical (unpaired) electrons. The minimum Gasteiger partial charge on any atom is -0.356 e. The molecule has 2 heterocycles. The van der Waals surface area contributed by atoms with Gasteiger partial charge in [0.05, 0.1) is 5.52 Å². The topological polar surface area (TPSA) is 73.1 Å². The summed E-state index contributed by atoms with van der Waals surface area (Å²) in [5.41, 5.74) is 0.389. The maximum absolute atomic E-state index is 12.9. The van der Waals surface area contributed by atoms with E-state index in [1.54, 1.807) is 4.57 Å². The molecule has 2 aromatic rings. The van der Waals surface area contributed by atoms with Crippen LogP contribution < -0.4 is 16.6 Å². The fraction of sp³-hybridized carbons (Fsp3) is 0.650. The molecule has 27 heavy (non-hydrogen) atoms. The third kappa shape index (κ3) is 4.18. The van der Waals surface area contributed by atoms with E-state index in [1.165, 1.54) is 15.9 Å². The van der Waals surface area contributed by atoms with Crippen LogP contribution in [0.2, 0.25) is 0 Å². The zero-order valence-corrected chi connectivity index (χ0v) is 17.0. The van der Waals surface area contributed by atoms with Crippen LogP contribution in [0.15, 0.2) is 21.0 Å². The molecule has 1 fully saturated rings. The first-order valence-electron chi connectivity index (χ1n) is 10.0. The van der Waals surface area contributed by atoms with Gasteiger partial charge in [-0.3, -0.25) is 18.7 Å². The largest absolute Gasteiger partial charge is 0.356 e. The van der Waals surface area contributed by atoms with Crippen molar-refractivity contribution < 1.29 is 4.79 Å². The summed E-state index contributed by atoms with van der Waals surface area (Å²) in [4.78, 5) is 37.9. The van der Waals surface area contributed by atoms with Crippen molar-refractivity contribution in [3.63, 3.8) is 0 Å². The molecule has 3 rings (SSSR count). The number of hydrogen-bond donors (Lipinski definition) is 1. The molecular weight excluding hydrogens is 362 g/mol. The van der Waals surface area contributed by atoms with Crippen LogP contribution in [0.5, 0.6) is 0 Å². The average molecular weight is 392 g/mol. The number of hydrogen-bond acceptors (Lipinski definition) is 4. The Hall–Kier alpha value is -1.89. The van der Waals surface area contributed by atoms with Crippen molar-refractivity contribution in [2.24, 2.45) is 11.8 Å². The van der Waals surface area contributed by atoms with Gasteiger partial charge in [-0.25, -0.2) is 4.79 Å². The molecule has 0 aliphatic heterocycles. The summed E-state index contributed by atoms with van der Waals surface area (Å²) in [6.45, 7) is 5.89. The smallest absolute Gasteiger partial charge is 0.331 e. The van der Waals surface area contributed by atoms with Crippen LogP contribution in [-0.4, -0.2) is 21.6 Å². The Bertz CT molecular complexity index is 903. The number of nitrogens with zero attached hydrogens (tertiary/aromatic N) is 2. The summed E-state index contributed by atoms with van der Waals surface area (Å²) in [5.74, 6) is 0.497. The second-order valence-electron chi connectivity index (χ2n) is 7.49. The van der Waals surface area contributed by atoms with Crippen LogP contribution in [0.3, 0.4) is 0 Å². The van der Waals surface area contributed by atoms with Gasteiger partial charge in [0.2, 0.25) is 5.91 Å². The Labute approximate surface area is 163 Å². The fourth-order valence-electron chi connectivity index (χ4n) is 3.99. The summed E-state index contributed by atoms with van der Waals surface area (Å²) in [5, 5.41) is 4.85. The molecule has 1 aliphatic carbocycles. The molecule has 0 aromatic carbocycles. The highest BCUT2D eigenvalue weighted by Gasteiger charge is 2.27. The lowest BCUT2D eigenvalue weighted by Gasteiger charge is -2.28. The molecular formula is C20H29N3O3S. The molecule has 0 spiro atoms. The van der Waals surface area contributed by atoms with Crippen LogP contribution in [0.4, 0.5) is 0 Å². The summed E-state index contributed by atoms with van der Waals surface area (Å²) in [7, 11) is 0. The van der Waals surface area contributed by atoms with Crippen LogP contribution in [0, 0.1) is 11.8 Å². The summed E-state index contributed by atoms with van der Waals surface area (Å²) < 4.78 is 3.82. The standard InChI is InChI=1S/C20H29N3O3S/c1-3-10-21-18(24)15-7-5-14(6-8-15)13-23-19(25)17-16(9-12-27-17)22(11-4-2)20(23)26/h9,12,14-15H,3-8,10-11,13H2,1-2H3,(H,21,24). The van der Waals surface area contributed by atoms with Crippen molar-refractivity contribution in [1.29, 1.82) is 0 Å². The molecule has 148 valence electrons. The van der Waals surface area contributed by atoms with Crippen molar-refractivity contribution in [1.82, 2.24) is 14.5 Å². The second-order valence-corrected chi connectivity index (χ2v) is 8.41. The van der Waals surface area contributed by atoms with Gasteiger partial charge in [-0.1, -0.05) is 13.8 Å². The highest BCUT2D eigenvalue weighted by molar-refractivity contribution is 7.17. The van der Waals surface area contributed by atoms with E-state index in [0.717, 1.165) is 50.6 Å². The molecule has 1 N–H and O–H groups in total. The lowest BCUT2D eigenvalue weighted by atomic mass is 9.81. The maximum atomic E-state index is 12.9. The number of amides is 1. The minimum absolute atomic E-state index is 0.0704. The lowest BCUT2D eigenvalue weighted by Crippen LogP contribution is -2.42. The number of carbonyl (C=O) groups excluding carboxylic acids is 1. The molecule has 1 saturated carbocycles. The van der Waals surface area contributed by atoms with Crippen molar-refractivity contribution in [3.05, 3.63) is 32.3 Å². The van der Waals surface area contributed by atoms with Gasteiger partial charge in [-0.05, 0) is 55.9 Å². The first-order chi connectivity index (χ1) is 13.1. The molecule has 0 unspecified atom stereocenters. The number of fused-ring (bicyclic) bond motifs is 1. The number of nitrogens with one attached hydrogen (secondary N) is 1. The fourth-order valence-corrected chi connectivity index (χ4v) is 4.83. The van der Waals surface area contributed by atoms with Gasteiger partial charge in [-0.15, -0.1) is 11.3 Å². The lowest BCUT2D eigenvalue weighted by molar-refractivity contribution is -0.126. The van der Waals surface area contributed by atoms with E-state index in [2.05, 4.69) is 5.32 Å². The monoisotopic (exact) mass is 391 g/mol. The Morgan fingerprint density at radius 2 is 1.89 bits per heavy atom. The van der Waals surface area contributed by atoms with E-state index in [-0.39, 0.29) is 29.0 Å². The second kappa shape index (κ2) is 8.87. The number of rotatable bonds is 7. The Morgan fingerprint density at radius 1 is 1.15 bits per heavy atom. The van der Waals surface area contributed by atoms with Gasteiger partial charge < -0.3 is 5.32 Å². The van der Waals surface area contributed by atoms with E-state index in [0.29, 0.717) is 17.8 Å². The van der Waals surface area contributed by atoms with Gasteiger partial charge >= 0.3 is 5.69 Å². The first-order valence-corrected chi connectivity index (χ1v) is 10.9. The Morgan fingerprint density at radius 3 is 2.56 bits per heavy atom. The number of carbonyl (C=O) groups is 1. The normalized spacial score (nSPS) is 20.1. The molecule has 2 aromatic heterocycles. The minimum atomic E-state index is -0.199. The zero-order valence-electron chi connectivity index (χ0n) is 16.2.